The normalized spacial score (nSPS) is 22.0. The molecule has 0 spiro atoms. The van der Waals surface area contributed by atoms with Gasteiger partial charge < -0.3 is 15.8 Å². The summed E-state index contributed by atoms with van der Waals surface area (Å²) in [7, 11) is 0. The van der Waals surface area contributed by atoms with Crippen molar-refractivity contribution in [2.24, 2.45) is 5.73 Å². The Morgan fingerprint density at radius 2 is 2.10 bits per heavy atom. The van der Waals surface area contributed by atoms with Gasteiger partial charge in [-0.3, -0.25) is 10.1 Å². The van der Waals surface area contributed by atoms with Gasteiger partial charge in [-0.1, -0.05) is 0 Å². The Labute approximate surface area is 122 Å². The van der Waals surface area contributed by atoms with Crippen LogP contribution in [0.3, 0.4) is 0 Å². The lowest BCUT2D eigenvalue weighted by atomic mass is 9.94. The number of benzene rings is 1. The molecule has 0 amide bonds. The molecule has 116 valence electrons. The number of anilines is 1. The van der Waals surface area contributed by atoms with Gasteiger partial charge in [0.15, 0.2) is 5.82 Å². The van der Waals surface area contributed by atoms with Gasteiger partial charge in [-0.2, -0.15) is 0 Å². The predicted molar refractivity (Wildman–Crippen MR) is 77.7 cm³/mol. The van der Waals surface area contributed by atoms with E-state index in [0.717, 1.165) is 31.7 Å². The number of hydrogen-bond donors (Lipinski definition) is 2. The van der Waals surface area contributed by atoms with E-state index < -0.39 is 10.7 Å². The second-order valence-electron chi connectivity index (χ2n) is 5.26. The van der Waals surface area contributed by atoms with Crippen LogP contribution in [0.5, 0.6) is 0 Å². The molecule has 0 saturated heterocycles. The molecule has 3 N–H and O–H groups in total. The van der Waals surface area contributed by atoms with E-state index in [1.54, 1.807) is 0 Å². The monoisotopic (exact) mass is 297 g/mol. The third-order valence-electron chi connectivity index (χ3n) is 3.65. The highest BCUT2D eigenvalue weighted by Gasteiger charge is 2.18. The van der Waals surface area contributed by atoms with Crippen molar-refractivity contribution in [1.82, 2.24) is 0 Å². The van der Waals surface area contributed by atoms with Crippen LogP contribution < -0.4 is 11.1 Å². The number of nitro benzene ring substituents is 1. The summed E-state index contributed by atoms with van der Waals surface area (Å²) in [5, 5.41) is 13.4. The molecule has 0 atom stereocenters. The van der Waals surface area contributed by atoms with Crippen molar-refractivity contribution in [3.63, 3.8) is 0 Å². The minimum absolute atomic E-state index is 0.230. The number of hydrogen-bond acceptors (Lipinski definition) is 5. The van der Waals surface area contributed by atoms with Crippen LogP contribution in [0.4, 0.5) is 15.8 Å². The van der Waals surface area contributed by atoms with Crippen molar-refractivity contribution >= 4 is 11.4 Å². The van der Waals surface area contributed by atoms with E-state index >= 15 is 0 Å². The molecule has 7 heteroatoms. The molecule has 6 nitrogen and oxygen atoms in total. The van der Waals surface area contributed by atoms with E-state index in [-0.39, 0.29) is 23.5 Å². The molecule has 0 heterocycles. The van der Waals surface area contributed by atoms with Crippen molar-refractivity contribution in [2.75, 3.05) is 18.5 Å². The fourth-order valence-corrected chi connectivity index (χ4v) is 2.43. The van der Waals surface area contributed by atoms with Crippen LogP contribution >= 0.6 is 0 Å². The largest absolute Gasteiger partial charge is 0.380 e. The first-order valence-corrected chi connectivity index (χ1v) is 7.11. The quantitative estimate of drug-likeness (QED) is 0.478. The number of nitro groups is 1. The van der Waals surface area contributed by atoms with Crippen LogP contribution in [-0.4, -0.2) is 30.2 Å². The molecule has 1 fully saturated rings. The van der Waals surface area contributed by atoms with Crippen molar-refractivity contribution in [1.29, 1.82) is 0 Å². The minimum atomic E-state index is -0.632. The zero-order valence-electron chi connectivity index (χ0n) is 11.8. The Hall–Kier alpha value is -1.73. The van der Waals surface area contributed by atoms with Gasteiger partial charge in [0.05, 0.1) is 29.4 Å². The summed E-state index contributed by atoms with van der Waals surface area (Å²) in [5.74, 6) is -0.632. The van der Waals surface area contributed by atoms with Gasteiger partial charge in [0.25, 0.3) is 5.69 Å². The molecule has 1 aliphatic rings. The SMILES string of the molecule is NC1CCC(OCCNc2ccc([N+](=O)[O-])cc2F)CC1. The van der Waals surface area contributed by atoms with Crippen LogP contribution in [0, 0.1) is 15.9 Å². The fraction of sp³-hybridized carbons (Fsp3) is 0.571. The average molecular weight is 297 g/mol. The Balaban J connectivity index is 1.72. The number of non-ortho nitro benzene ring substituents is 1. The lowest BCUT2D eigenvalue weighted by Gasteiger charge is -2.26. The summed E-state index contributed by atoms with van der Waals surface area (Å²) in [5.41, 5.74) is 5.81. The van der Waals surface area contributed by atoms with E-state index in [0.29, 0.717) is 13.2 Å². The van der Waals surface area contributed by atoms with Crippen molar-refractivity contribution < 1.29 is 14.1 Å². The number of halogens is 1. The topological polar surface area (TPSA) is 90.4 Å². The third kappa shape index (κ3) is 4.64. The summed E-state index contributed by atoms with van der Waals surface area (Å²) in [4.78, 5) is 9.89. The van der Waals surface area contributed by atoms with Crippen molar-refractivity contribution in [3.05, 3.63) is 34.1 Å². The van der Waals surface area contributed by atoms with Gasteiger partial charge in [0.2, 0.25) is 0 Å². The van der Waals surface area contributed by atoms with Gasteiger partial charge in [0, 0.05) is 18.7 Å². The predicted octanol–water partition coefficient (Wildman–Crippen LogP) is 2.43. The van der Waals surface area contributed by atoms with Gasteiger partial charge >= 0.3 is 0 Å². The third-order valence-corrected chi connectivity index (χ3v) is 3.65. The highest BCUT2D eigenvalue weighted by Crippen LogP contribution is 2.21. The maximum absolute atomic E-state index is 13.6. The molecule has 1 aliphatic carbocycles. The Morgan fingerprint density at radius 1 is 1.38 bits per heavy atom. The summed E-state index contributed by atoms with van der Waals surface area (Å²) in [6.45, 7) is 0.924. The highest BCUT2D eigenvalue weighted by molar-refractivity contribution is 5.50. The fourth-order valence-electron chi connectivity index (χ4n) is 2.43. The molecular weight excluding hydrogens is 277 g/mol. The minimum Gasteiger partial charge on any atom is -0.380 e. The lowest BCUT2D eigenvalue weighted by Crippen LogP contribution is -2.31. The number of nitrogens with zero attached hydrogens (tertiary/aromatic N) is 1. The molecule has 21 heavy (non-hydrogen) atoms. The molecule has 0 bridgehead atoms. The van der Waals surface area contributed by atoms with E-state index in [2.05, 4.69) is 5.32 Å². The molecule has 1 saturated carbocycles. The van der Waals surface area contributed by atoms with Crippen molar-refractivity contribution in [3.8, 4) is 0 Å². The van der Waals surface area contributed by atoms with E-state index in [4.69, 9.17) is 10.5 Å². The van der Waals surface area contributed by atoms with Gasteiger partial charge in [-0.25, -0.2) is 4.39 Å². The maximum atomic E-state index is 13.6. The molecule has 0 aromatic heterocycles. The zero-order valence-corrected chi connectivity index (χ0v) is 11.8. The Morgan fingerprint density at radius 3 is 2.71 bits per heavy atom. The smallest absolute Gasteiger partial charge is 0.272 e. The molecule has 0 unspecified atom stereocenters. The Kier molecular flexibility index (Phi) is 5.46. The zero-order chi connectivity index (χ0) is 15.2. The first-order chi connectivity index (χ1) is 10.1. The number of ether oxygens (including phenoxy) is 1. The highest BCUT2D eigenvalue weighted by atomic mass is 19.1. The van der Waals surface area contributed by atoms with Crippen LogP contribution in [-0.2, 0) is 4.74 Å². The second kappa shape index (κ2) is 7.33. The van der Waals surface area contributed by atoms with Gasteiger partial charge in [-0.15, -0.1) is 0 Å². The van der Waals surface area contributed by atoms with Gasteiger partial charge in [-0.05, 0) is 31.7 Å². The molecule has 2 rings (SSSR count). The Bertz CT molecular complexity index is 490. The number of nitrogens with one attached hydrogen (secondary N) is 1. The van der Waals surface area contributed by atoms with E-state index in [1.807, 2.05) is 0 Å². The molecule has 1 aromatic rings. The molecule has 0 aliphatic heterocycles. The van der Waals surface area contributed by atoms with Crippen LogP contribution in [0.2, 0.25) is 0 Å². The van der Waals surface area contributed by atoms with Gasteiger partial charge in [0.1, 0.15) is 0 Å². The molecule has 1 aromatic carbocycles. The average Bonchev–Trinajstić information content (AvgIpc) is 2.46. The lowest BCUT2D eigenvalue weighted by molar-refractivity contribution is -0.385. The number of rotatable bonds is 6. The maximum Gasteiger partial charge on any atom is 0.272 e. The second-order valence-corrected chi connectivity index (χ2v) is 5.26. The summed E-state index contributed by atoms with van der Waals surface area (Å²) >= 11 is 0. The van der Waals surface area contributed by atoms with E-state index in [9.17, 15) is 14.5 Å². The van der Waals surface area contributed by atoms with Crippen LogP contribution in [0.1, 0.15) is 25.7 Å². The number of nitrogens with two attached hydrogens (primary N) is 1. The first kappa shape index (κ1) is 15.7. The van der Waals surface area contributed by atoms with Crippen molar-refractivity contribution in [2.45, 2.75) is 37.8 Å². The standard InChI is InChI=1S/C14H20FN3O3/c15-13-9-11(18(19)20)3-6-14(13)17-7-8-21-12-4-1-10(16)2-5-12/h3,6,9-10,12,17H,1-2,4-5,7-8,16H2. The summed E-state index contributed by atoms with van der Waals surface area (Å²) < 4.78 is 19.3. The molecule has 0 radical (unpaired) electrons. The molecular formula is C14H20FN3O3. The van der Waals surface area contributed by atoms with Crippen LogP contribution in [0.15, 0.2) is 18.2 Å². The summed E-state index contributed by atoms with van der Waals surface area (Å²) in [6, 6.07) is 3.84. The summed E-state index contributed by atoms with van der Waals surface area (Å²) in [6.07, 6.45) is 4.12. The van der Waals surface area contributed by atoms with E-state index in [1.165, 1.54) is 12.1 Å². The first-order valence-electron chi connectivity index (χ1n) is 7.11. The van der Waals surface area contributed by atoms with Crippen LogP contribution in [0.25, 0.3) is 0 Å².